The molecule has 3 rings (SSSR count). The van der Waals surface area contributed by atoms with Crippen LogP contribution in [0.1, 0.15) is 29.7 Å². The highest BCUT2D eigenvalue weighted by Gasteiger charge is 2.41. The van der Waals surface area contributed by atoms with E-state index < -0.39 is 40.3 Å². The number of alkyl halides is 5. The Morgan fingerprint density at radius 3 is 2.00 bits per heavy atom. The summed E-state index contributed by atoms with van der Waals surface area (Å²) in [5, 5.41) is 0. The molecule has 1 aromatic heterocycles. The molecule has 3 nitrogen and oxygen atoms in total. The molecule has 0 unspecified atom stereocenters. The Morgan fingerprint density at radius 2 is 1.55 bits per heavy atom. The Balaban J connectivity index is 2.08. The summed E-state index contributed by atoms with van der Waals surface area (Å²) in [6.07, 6.45) is -2.76. The third kappa shape index (κ3) is 4.34. The van der Waals surface area contributed by atoms with Gasteiger partial charge in [0.25, 0.3) is 0 Å². The Bertz CT molecular complexity index is 1020. The van der Waals surface area contributed by atoms with Crippen LogP contribution < -0.4 is 0 Å². The van der Waals surface area contributed by atoms with E-state index in [0.717, 1.165) is 12.3 Å². The molecule has 29 heavy (non-hydrogen) atoms. The summed E-state index contributed by atoms with van der Waals surface area (Å²) in [7, 11) is -3.41. The molecule has 0 aliphatic heterocycles. The number of rotatable bonds is 5. The first kappa shape index (κ1) is 21.4. The first-order valence-corrected chi connectivity index (χ1v) is 10.6. The van der Waals surface area contributed by atoms with Crippen molar-refractivity contribution in [3.05, 3.63) is 59.4 Å². The molecule has 1 heterocycles. The lowest BCUT2D eigenvalue weighted by atomic mass is 9.86. The summed E-state index contributed by atoms with van der Waals surface area (Å²) in [5.41, 5.74) is -0.443. The third-order valence-electron chi connectivity index (χ3n) is 5.07. The van der Waals surface area contributed by atoms with E-state index in [2.05, 4.69) is 4.98 Å². The number of aromatic nitrogens is 1. The number of allylic oxidation sites excluding steroid dienone is 2. The van der Waals surface area contributed by atoms with Crippen molar-refractivity contribution in [2.75, 3.05) is 19.6 Å². The quantitative estimate of drug-likeness (QED) is 0.617. The van der Waals surface area contributed by atoms with Gasteiger partial charge in [-0.25, -0.2) is 8.42 Å². The van der Waals surface area contributed by atoms with E-state index in [1.165, 1.54) is 30.3 Å². The molecule has 9 heteroatoms. The van der Waals surface area contributed by atoms with Crippen molar-refractivity contribution < 1.29 is 30.4 Å². The first-order valence-electron chi connectivity index (χ1n) is 8.67. The van der Waals surface area contributed by atoms with E-state index in [1.54, 1.807) is 0 Å². The smallest absolute Gasteiger partial charge is 0.256 e. The van der Waals surface area contributed by atoms with Gasteiger partial charge in [-0.05, 0) is 53.8 Å². The molecule has 0 bridgehead atoms. The monoisotopic (exact) mass is 431 g/mol. The number of halogens is 5. The predicted molar refractivity (Wildman–Crippen MR) is 99.2 cm³/mol. The van der Waals surface area contributed by atoms with Gasteiger partial charge >= 0.3 is 6.18 Å². The molecule has 0 fully saturated rings. The van der Waals surface area contributed by atoms with Gasteiger partial charge in [-0.15, -0.1) is 0 Å². The Kier molecular flexibility index (Phi) is 5.55. The second kappa shape index (κ2) is 7.51. The lowest BCUT2D eigenvalue weighted by Gasteiger charge is -2.22. The summed E-state index contributed by atoms with van der Waals surface area (Å²) in [4.78, 5) is 3.97. The zero-order chi connectivity index (χ0) is 21.4. The van der Waals surface area contributed by atoms with Gasteiger partial charge in [0.05, 0.1) is 29.5 Å². The fraction of sp³-hybridized carbons (Fsp3) is 0.350. The van der Waals surface area contributed by atoms with Gasteiger partial charge in [-0.3, -0.25) is 13.8 Å². The summed E-state index contributed by atoms with van der Waals surface area (Å²) < 4.78 is 89.0. The van der Waals surface area contributed by atoms with Crippen molar-refractivity contribution in [3.8, 4) is 0 Å². The molecule has 0 saturated heterocycles. The lowest BCUT2D eigenvalue weighted by molar-refractivity contribution is -0.137. The van der Waals surface area contributed by atoms with Gasteiger partial charge in [-0.2, -0.15) is 13.2 Å². The summed E-state index contributed by atoms with van der Waals surface area (Å²) in [6, 6.07) is 7.91. The fourth-order valence-corrected chi connectivity index (χ4v) is 4.05. The molecule has 1 aliphatic carbocycles. The van der Waals surface area contributed by atoms with Crippen LogP contribution in [0.5, 0.6) is 0 Å². The minimum absolute atomic E-state index is 0.0124. The Hall–Kier alpha value is -2.29. The number of sulfone groups is 1. The molecule has 0 atom stereocenters. The van der Waals surface area contributed by atoms with Crippen LogP contribution in [0.25, 0.3) is 11.1 Å². The van der Waals surface area contributed by atoms with Crippen LogP contribution in [-0.4, -0.2) is 33.0 Å². The average molecular weight is 431 g/mol. The SMILES string of the molecule is CS(=O)(=O)c1ccc(C2=C(c3ccc(C(F)(F)F)cn3)CC(CF)(CF)C2)cc1. The maximum atomic E-state index is 13.7. The molecule has 0 radical (unpaired) electrons. The van der Waals surface area contributed by atoms with Crippen molar-refractivity contribution in [3.63, 3.8) is 0 Å². The second-order valence-electron chi connectivity index (χ2n) is 7.30. The van der Waals surface area contributed by atoms with E-state index in [-0.39, 0.29) is 23.4 Å². The topological polar surface area (TPSA) is 47.0 Å². The van der Waals surface area contributed by atoms with Crippen molar-refractivity contribution in [1.29, 1.82) is 0 Å². The van der Waals surface area contributed by atoms with Crippen LogP contribution in [0.3, 0.4) is 0 Å². The maximum absolute atomic E-state index is 13.7. The molecule has 1 aliphatic rings. The number of benzene rings is 1. The molecule has 0 saturated carbocycles. The Morgan fingerprint density at radius 1 is 0.966 bits per heavy atom. The zero-order valence-electron chi connectivity index (χ0n) is 15.4. The minimum atomic E-state index is -4.54. The number of nitrogens with zero attached hydrogens (tertiary/aromatic N) is 1. The van der Waals surface area contributed by atoms with Crippen molar-refractivity contribution in [2.24, 2.45) is 5.41 Å². The van der Waals surface area contributed by atoms with Crippen molar-refractivity contribution >= 4 is 21.0 Å². The normalized spacial score (nSPS) is 17.0. The van der Waals surface area contributed by atoms with Crippen LogP contribution in [0.2, 0.25) is 0 Å². The predicted octanol–water partition coefficient (Wildman–Crippen LogP) is 5.13. The molecule has 156 valence electrons. The number of hydrogen-bond donors (Lipinski definition) is 0. The standard InChI is InChI=1S/C20H18F5NO2S/c1-29(27,28)15-5-2-13(3-6-15)16-8-19(11-21,12-22)9-17(16)18-7-4-14(10-26-18)20(23,24)25/h2-7,10H,8-9,11-12H2,1H3. The molecule has 0 spiro atoms. The molecule has 0 amide bonds. The van der Waals surface area contributed by atoms with Crippen LogP contribution in [0.4, 0.5) is 22.0 Å². The van der Waals surface area contributed by atoms with E-state index in [9.17, 15) is 30.4 Å². The lowest BCUT2D eigenvalue weighted by Crippen LogP contribution is -2.22. The Labute approximate surface area is 165 Å². The van der Waals surface area contributed by atoms with Crippen LogP contribution in [0, 0.1) is 5.41 Å². The second-order valence-corrected chi connectivity index (χ2v) is 9.32. The summed E-state index contributed by atoms with van der Waals surface area (Å²) >= 11 is 0. The largest absolute Gasteiger partial charge is 0.417 e. The first-order chi connectivity index (χ1) is 13.5. The van der Waals surface area contributed by atoms with Crippen LogP contribution in [-0.2, 0) is 16.0 Å². The fourth-order valence-electron chi connectivity index (χ4n) is 3.42. The average Bonchev–Trinajstić information content (AvgIpc) is 3.07. The van der Waals surface area contributed by atoms with Crippen LogP contribution >= 0.6 is 0 Å². The van der Waals surface area contributed by atoms with E-state index in [4.69, 9.17) is 0 Å². The third-order valence-corrected chi connectivity index (χ3v) is 6.19. The zero-order valence-corrected chi connectivity index (χ0v) is 16.2. The maximum Gasteiger partial charge on any atom is 0.417 e. The minimum Gasteiger partial charge on any atom is -0.256 e. The van der Waals surface area contributed by atoms with Crippen molar-refractivity contribution in [2.45, 2.75) is 23.9 Å². The van der Waals surface area contributed by atoms with Crippen molar-refractivity contribution in [1.82, 2.24) is 4.98 Å². The molecule has 2 aromatic rings. The summed E-state index contributed by atoms with van der Waals surface area (Å²) in [6.45, 7) is -1.86. The molecule has 1 aromatic carbocycles. The van der Waals surface area contributed by atoms with Gasteiger partial charge < -0.3 is 0 Å². The van der Waals surface area contributed by atoms with Crippen LogP contribution in [0.15, 0.2) is 47.5 Å². The molecule has 0 N–H and O–H groups in total. The number of hydrogen-bond acceptors (Lipinski definition) is 3. The summed E-state index contributed by atoms with van der Waals surface area (Å²) in [5.74, 6) is 0. The van der Waals surface area contributed by atoms with E-state index >= 15 is 0 Å². The highest BCUT2D eigenvalue weighted by molar-refractivity contribution is 7.90. The van der Waals surface area contributed by atoms with Gasteiger partial charge in [0.2, 0.25) is 0 Å². The van der Waals surface area contributed by atoms with E-state index in [1.807, 2.05) is 0 Å². The molecular weight excluding hydrogens is 413 g/mol. The highest BCUT2D eigenvalue weighted by Crippen LogP contribution is 2.50. The number of pyridine rings is 1. The highest BCUT2D eigenvalue weighted by atomic mass is 32.2. The molecular formula is C20H18F5NO2S. The van der Waals surface area contributed by atoms with Gasteiger partial charge in [0.15, 0.2) is 9.84 Å². The van der Waals surface area contributed by atoms with Gasteiger partial charge in [0.1, 0.15) is 0 Å². The van der Waals surface area contributed by atoms with Gasteiger partial charge in [-0.1, -0.05) is 12.1 Å². The van der Waals surface area contributed by atoms with E-state index in [0.29, 0.717) is 22.9 Å². The van der Waals surface area contributed by atoms with Gasteiger partial charge in [0, 0.05) is 17.9 Å².